The number of carbonyl (C=O) groups is 2. The first kappa shape index (κ1) is 18.8. The fraction of sp³-hybridized carbons (Fsp3) is 0.263. The molecule has 0 unspecified atom stereocenters. The van der Waals surface area contributed by atoms with Crippen LogP contribution >= 0.6 is 11.6 Å². The summed E-state index contributed by atoms with van der Waals surface area (Å²) in [5.41, 5.74) is 1.85. The van der Waals surface area contributed by atoms with Gasteiger partial charge in [0.15, 0.2) is 6.61 Å². The van der Waals surface area contributed by atoms with Crippen molar-refractivity contribution in [2.24, 2.45) is 0 Å². The fourth-order valence-corrected chi connectivity index (χ4v) is 3.32. The number of ether oxygens (including phenoxy) is 1. The van der Waals surface area contributed by atoms with E-state index < -0.39 is 29.1 Å². The summed E-state index contributed by atoms with van der Waals surface area (Å²) in [5.74, 6) is -1.25. The van der Waals surface area contributed by atoms with Crippen molar-refractivity contribution in [2.75, 3.05) is 6.61 Å². The molecule has 0 aromatic heterocycles. The van der Waals surface area contributed by atoms with Gasteiger partial charge in [-0.05, 0) is 42.5 Å². The maximum absolute atomic E-state index is 12.2. The number of aryl methyl sites for hydroxylation is 1. The number of nitrogens with one attached hydrogen (secondary N) is 1. The fourth-order valence-electron chi connectivity index (χ4n) is 3.13. The molecule has 0 radical (unpaired) electrons. The SMILES string of the molecule is O=C(COC(=O)c1ccc(Cl)c([N+](=O)[O-])c1)N[C@H]1CCCc2ccccc21. The summed E-state index contributed by atoms with van der Waals surface area (Å²) in [7, 11) is 0. The number of nitrogens with zero attached hydrogens (tertiary/aromatic N) is 1. The number of rotatable bonds is 5. The summed E-state index contributed by atoms with van der Waals surface area (Å²) < 4.78 is 4.98. The second-order valence-electron chi connectivity index (χ2n) is 6.21. The van der Waals surface area contributed by atoms with Crippen molar-refractivity contribution in [1.82, 2.24) is 5.32 Å². The van der Waals surface area contributed by atoms with Crippen LogP contribution in [0.15, 0.2) is 42.5 Å². The predicted octanol–water partition coefficient (Wildman–Crippen LogP) is 3.60. The van der Waals surface area contributed by atoms with E-state index in [1.54, 1.807) is 0 Å². The minimum Gasteiger partial charge on any atom is -0.452 e. The molecule has 1 atom stereocenters. The van der Waals surface area contributed by atoms with Crippen molar-refractivity contribution in [1.29, 1.82) is 0 Å². The van der Waals surface area contributed by atoms with E-state index in [0.717, 1.165) is 30.9 Å². The van der Waals surface area contributed by atoms with Crippen LogP contribution in [0.1, 0.15) is 40.4 Å². The van der Waals surface area contributed by atoms with Crippen LogP contribution in [0.2, 0.25) is 5.02 Å². The van der Waals surface area contributed by atoms with Crippen LogP contribution in [-0.2, 0) is 16.0 Å². The third kappa shape index (κ3) is 4.43. The lowest BCUT2D eigenvalue weighted by Gasteiger charge is -2.26. The molecule has 1 N–H and O–H groups in total. The number of esters is 1. The minimum atomic E-state index is -0.825. The van der Waals surface area contributed by atoms with Crippen LogP contribution in [0.25, 0.3) is 0 Å². The lowest BCUT2D eigenvalue weighted by atomic mass is 9.88. The number of benzene rings is 2. The quantitative estimate of drug-likeness (QED) is 0.479. The second-order valence-corrected chi connectivity index (χ2v) is 6.62. The smallest absolute Gasteiger partial charge is 0.338 e. The van der Waals surface area contributed by atoms with E-state index in [1.807, 2.05) is 24.3 Å². The minimum absolute atomic E-state index is 0.0399. The number of halogens is 1. The average molecular weight is 389 g/mol. The van der Waals surface area contributed by atoms with E-state index in [-0.39, 0.29) is 16.6 Å². The summed E-state index contributed by atoms with van der Waals surface area (Å²) in [4.78, 5) is 34.4. The molecule has 0 saturated heterocycles. The summed E-state index contributed by atoms with van der Waals surface area (Å²) in [5, 5.41) is 13.7. The maximum Gasteiger partial charge on any atom is 0.338 e. The van der Waals surface area contributed by atoms with Gasteiger partial charge in [0.05, 0.1) is 16.5 Å². The Kier molecular flexibility index (Phi) is 5.71. The monoisotopic (exact) mass is 388 g/mol. The first-order valence-electron chi connectivity index (χ1n) is 8.44. The molecule has 2 aromatic carbocycles. The van der Waals surface area contributed by atoms with Crippen LogP contribution in [0.5, 0.6) is 0 Å². The van der Waals surface area contributed by atoms with E-state index in [4.69, 9.17) is 16.3 Å². The van der Waals surface area contributed by atoms with Gasteiger partial charge in [0, 0.05) is 6.07 Å². The largest absolute Gasteiger partial charge is 0.452 e. The van der Waals surface area contributed by atoms with Gasteiger partial charge in [0.2, 0.25) is 0 Å². The van der Waals surface area contributed by atoms with Gasteiger partial charge in [0.25, 0.3) is 11.6 Å². The van der Waals surface area contributed by atoms with Gasteiger partial charge in [0.1, 0.15) is 5.02 Å². The molecule has 0 aliphatic heterocycles. The molecule has 140 valence electrons. The van der Waals surface area contributed by atoms with Crippen LogP contribution in [0, 0.1) is 10.1 Å². The molecule has 1 amide bonds. The number of fused-ring (bicyclic) bond motifs is 1. The molecule has 27 heavy (non-hydrogen) atoms. The predicted molar refractivity (Wildman–Crippen MR) is 98.7 cm³/mol. The highest BCUT2D eigenvalue weighted by atomic mass is 35.5. The molecular formula is C19H17ClN2O5. The van der Waals surface area contributed by atoms with Crippen LogP contribution in [0.3, 0.4) is 0 Å². The van der Waals surface area contributed by atoms with E-state index in [2.05, 4.69) is 5.32 Å². The zero-order valence-electron chi connectivity index (χ0n) is 14.3. The average Bonchev–Trinajstić information content (AvgIpc) is 2.66. The second kappa shape index (κ2) is 8.18. The highest BCUT2D eigenvalue weighted by Gasteiger charge is 2.22. The first-order valence-corrected chi connectivity index (χ1v) is 8.81. The van der Waals surface area contributed by atoms with E-state index in [0.29, 0.717) is 0 Å². The highest BCUT2D eigenvalue weighted by Crippen LogP contribution is 2.29. The van der Waals surface area contributed by atoms with E-state index in [9.17, 15) is 19.7 Å². The van der Waals surface area contributed by atoms with Gasteiger partial charge in [-0.15, -0.1) is 0 Å². The normalized spacial score (nSPS) is 15.5. The Hall–Kier alpha value is -2.93. The topological polar surface area (TPSA) is 98.5 Å². The number of amides is 1. The molecule has 1 aliphatic rings. The molecule has 1 aliphatic carbocycles. The first-order chi connectivity index (χ1) is 13.0. The number of hydrogen-bond donors (Lipinski definition) is 1. The summed E-state index contributed by atoms with van der Waals surface area (Å²) >= 11 is 5.72. The molecule has 8 heteroatoms. The van der Waals surface area contributed by atoms with Gasteiger partial charge in [-0.2, -0.15) is 0 Å². The molecule has 0 fully saturated rings. The molecule has 3 rings (SSSR count). The molecule has 0 heterocycles. The summed E-state index contributed by atoms with van der Waals surface area (Å²) in [6, 6.07) is 11.4. The van der Waals surface area contributed by atoms with Gasteiger partial charge < -0.3 is 10.1 Å². The van der Waals surface area contributed by atoms with Gasteiger partial charge in [-0.1, -0.05) is 35.9 Å². The van der Waals surface area contributed by atoms with Gasteiger partial charge >= 0.3 is 5.97 Å². The molecule has 0 bridgehead atoms. The van der Waals surface area contributed by atoms with Crippen molar-refractivity contribution < 1.29 is 19.2 Å². The Bertz CT molecular complexity index is 899. The van der Waals surface area contributed by atoms with E-state index >= 15 is 0 Å². The molecule has 0 saturated carbocycles. The summed E-state index contributed by atoms with van der Waals surface area (Å²) in [6.07, 6.45) is 2.77. The number of hydrogen-bond acceptors (Lipinski definition) is 5. The maximum atomic E-state index is 12.2. The van der Waals surface area contributed by atoms with Crippen molar-refractivity contribution in [3.8, 4) is 0 Å². The standard InChI is InChI=1S/C19H17ClN2O5/c20-15-9-8-13(10-17(15)22(25)26)19(24)27-11-18(23)21-16-7-3-5-12-4-1-2-6-14(12)16/h1-2,4,6,8-10,16H,3,5,7,11H2,(H,21,23)/t16-/m0/s1. The Morgan fingerprint density at radius 3 is 2.81 bits per heavy atom. The molecule has 7 nitrogen and oxygen atoms in total. The van der Waals surface area contributed by atoms with Crippen molar-refractivity contribution in [3.05, 3.63) is 74.3 Å². The van der Waals surface area contributed by atoms with Gasteiger partial charge in [-0.25, -0.2) is 4.79 Å². The van der Waals surface area contributed by atoms with Crippen molar-refractivity contribution in [2.45, 2.75) is 25.3 Å². The number of nitro benzene ring substituents is 1. The number of carbonyl (C=O) groups excluding carboxylic acids is 2. The van der Waals surface area contributed by atoms with Crippen molar-refractivity contribution in [3.63, 3.8) is 0 Å². The van der Waals surface area contributed by atoms with Crippen LogP contribution < -0.4 is 5.32 Å². The lowest BCUT2D eigenvalue weighted by Crippen LogP contribution is -2.34. The zero-order chi connectivity index (χ0) is 19.4. The summed E-state index contributed by atoms with van der Waals surface area (Å²) in [6.45, 7) is -0.464. The van der Waals surface area contributed by atoms with Crippen LogP contribution in [-0.4, -0.2) is 23.4 Å². The third-order valence-electron chi connectivity index (χ3n) is 4.42. The molecule has 0 spiro atoms. The number of nitro groups is 1. The van der Waals surface area contributed by atoms with Gasteiger partial charge in [-0.3, -0.25) is 14.9 Å². The molecule has 2 aromatic rings. The lowest BCUT2D eigenvalue weighted by molar-refractivity contribution is -0.384. The van der Waals surface area contributed by atoms with E-state index in [1.165, 1.54) is 17.7 Å². The van der Waals surface area contributed by atoms with Crippen molar-refractivity contribution >= 4 is 29.2 Å². The Labute approximate surface area is 160 Å². The Morgan fingerprint density at radius 2 is 2.04 bits per heavy atom. The highest BCUT2D eigenvalue weighted by molar-refractivity contribution is 6.32. The molecular weight excluding hydrogens is 372 g/mol. The van der Waals surface area contributed by atoms with Crippen LogP contribution in [0.4, 0.5) is 5.69 Å². The Morgan fingerprint density at radius 1 is 1.26 bits per heavy atom. The zero-order valence-corrected chi connectivity index (χ0v) is 15.1. The Balaban J connectivity index is 1.59. The third-order valence-corrected chi connectivity index (χ3v) is 4.74.